The van der Waals surface area contributed by atoms with Crippen LogP contribution >= 0.6 is 11.3 Å². The van der Waals surface area contributed by atoms with Gasteiger partial charge in [-0.3, -0.25) is 14.4 Å². The fourth-order valence-corrected chi connectivity index (χ4v) is 4.86. The Balaban J connectivity index is 1.50. The zero-order valence-corrected chi connectivity index (χ0v) is 18.2. The van der Waals surface area contributed by atoms with E-state index in [0.717, 1.165) is 47.8 Å². The van der Waals surface area contributed by atoms with Crippen molar-refractivity contribution >= 4 is 17.2 Å². The molecule has 3 aromatic heterocycles. The molecular weight excluding hydrogens is 386 g/mol. The number of rotatable bonds is 6. The van der Waals surface area contributed by atoms with E-state index in [4.69, 9.17) is 4.42 Å². The van der Waals surface area contributed by atoms with Gasteiger partial charge in [-0.15, -0.1) is 11.3 Å². The summed E-state index contributed by atoms with van der Waals surface area (Å²) in [5.41, 5.74) is 3.90. The van der Waals surface area contributed by atoms with Gasteiger partial charge in [-0.25, -0.2) is 4.98 Å². The Bertz CT molecular complexity index is 991. The molecule has 3 aromatic rings. The van der Waals surface area contributed by atoms with Gasteiger partial charge in [0.1, 0.15) is 10.8 Å². The number of aromatic nitrogens is 3. The van der Waals surface area contributed by atoms with Crippen molar-refractivity contribution in [2.45, 2.75) is 45.3 Å². The molecule has 29 heavy (non-hydrogen) atoms. The molecule has 0 aliphatic heterocycles. The van der Waals surface area contributed by atoms with Crippen LogP contribution in [0.4, 0.5) is 0 Å². The molecule has 1 atom stereocenters. The Morgan fingerprint density at radius 3 is 2.90 bits per heavy atom. The minimum Gasteiger partial charge on any atom is -0.467 e. The molecule has 1 aliphatic rings. The number of hydrogen-bond acceptors (Lipinski definition) is 6. The standard InChI is InChI=1S/C21H27N5O2S/c1-14-13-29-19(22-14)12-24(2)15-7-8-18-17(10-15)20(23-26(18)4)21(27)25(3)11-16-6-5-9-28-16/h5-6,9,13,15H,7-8,10-12H2,1-4H3. The van der Waals surface area contributed by atoms with Crippen LogP contribution in [0.1, 0.15) is 44.6 Å². The van der Waals surface area contributed by atoms with Gasteiger partial charge in [0.2, 0.25) is 0 Å². The number of likely N-dealkylation sites (N-methyl/N-ethyl adjacent to an activating group) is 1. The quantitative estimate of drug-likeness (QED) is 0.621. The molecule has 0 aromatic carbocycles. The summed E-state index contributed by atoms with van der Waals surface area (Å²) in [6.45, 7) is 3.30. The maximum atomic E-state index is 13.1. The molecular formula is C21H27N5O2S. The number of amides is 1. The third-order valence-electron chi connectivity index (χ3n) is 5.63. The van der Waals surface area contributed by atoms with Crippen LogP contribution < -0.4 is 0 Å². The van der Waals surface area contributed by atoms with Gasteiger partial charge in [-0.1, -0.05) is 0 Å². The summed E-state index contributed by atoms with van der Waals surface area (Å²) < 4.78 is 7.26. The van der Waals surface area contributed by atoms with Crippen molar-refractivity contribution in [1.29, 1.82) is 0 Å². The summed E-state index contributed by atoms with van der Waals surface area (Å²) in [5, 5.41) is 7.82. The van der Waals surface area contributed by atoms with Crippen LogP contribution in [0, 0.1) is 6.92 Å². The Kier molecular flexibility index (Phi) is 5.56. The molecule has 7 nitrogen and oxygen atoms in total. The van der Waals surface area contributed by atoms with E-state index in [2.05, 4.69) is 27.4 Å². The zero-order chi connectivity index (χ0) is 20.5. The average Bonchev–Trinajstić information content (AvgIpc) is 3.42. The number of hydrogen-bond donors (Lipinski definition) is 0. The second kappa shape index (κ2) is 8.12. The first kappa shape index (κ1) is 19.8. The molecule has 4 rings (SSSR count). The average molecular weight is 414 g/mol. The van der Waals surface area contributed by atoms with Gasteiger partial charge in [0, 0.05) is 42.5 Å². The van der Waals surface area contributed by atoms with E-state index in [0.29, 0.717) is 18.3 Å². The molecule has 0 radical (unpaired) electrons. The molecule has 0 spiro atoms. The van der Waals surface area contributed by atoms with Crippen LogP contribution in [0.25, 0.3) is 0 Å². The molecule has 8 heteroatoms. The molecule has 1 aliphatic carbocycles. The lowest BCUT2D eigenvalue weighted by atomic mass is 9.90. The largest absolute Gasteiger partial charge is 0.467 e. The van der Waals surface area contributed by atoms with E-state index in [1.165, 1.54) is 5.69 Å². The van der Waals surface area contributed by atoms with E-state index < -0.39 is 0 Å². The highest BCUT2D eigenvalue weighted by Gasteiger charge is 2.31. The lowest BCUT2D eigenvalue weighted by Gasteiger charge is -2.31. The number of carbonyl (C=O) groups is 1. The molecule has 1 unspecified atom stereocenters. The summed E-state index contributed by atoms with van der Waals surface area (Å²) >= 11 is 1.71. The number of furan rings is 1. The van der Waals surface area contributed by atoms with Crippen molar-refractivity contribution in [2.75, 3.05) is 14.1 Å². The molecule has 0 N–H and O–H groups in total. The van der Waals surface area contributed by atoms with Crippen LogP contribution in [0.2, 0.25) is 0 Å². The predicted octanol–water partition coefficient (Wildman–Crippen LogP) is 3.04. The van der Waals surface area contributed by atoms with Crippen molar-refractivity contribution in [3.05, 3.63) is 57.2 Å². The minimum atomic E-state index is -0.0582. The third-order valence-corrected chi connectivity index (χ3v) is 6.58. The molecule has 154 valence electrons. The SMILES string of the molecule is Cc1csc(CN(C)C2CCc3c(c(C(=O)N(C)Cc4ccco4)nn3C)C2)n1. The Hall–Kier alpha value is -2.45. The van der Waals surface area contributed by atoms with Crippen molar-refractivity contribution in [2.24, 2.45) is 7.05 Å². The molecule has 1 amide bonds. The minimum absolute atomic E-state index is 0.0582. The highest BCUT2D eigenvalue weighted by Crippen LogP contribution is 2.28. The Labute approximate surface area is 174 Å². The van der Waals surface area contributed by atoms with Crippen LogP contribution in [0.15, 0.2) is 28.2 Å². The molecule has 0 fully saturated rings. The Morgan fingerprint density at radius 2 is 2.21 bits per heavy atom. The topological polar surface area (TPSA) is 67.4 Å². The number of aryl methyl sites for hydroxylation is 2. The molecule has 0 bridgehead atoms. The molecule has 0 saturated heterocycles. The van der Waals surface area contributed by atoms with Gasteiger partial charge in [0.05, 0.1) is 19.4 Å². The van der Waals surface area contributed by atoms with E-state index in [-0.39, 0.29) is 5.91 Å². The van der Waals surface area contributed by atoms with Gasteiger partial charge in [0.25, 0.3) is 5.91 Å². The first-order chi connectivity index (χ1) is 13.9. The van der Waals surface area contributed by atoms with E-state index in [1.54, 1.807) is 29.5 Å². The normalized spacial score (nSPS) is 16.2. The van der Waals surface area contributed by atoms with Gasteiger partial charge < -0.3 is 9.32 Å². The van der Waals surface area contributed by atoms with E-state index in [1.807, 2.05) is 30.8 Å². The van der Waals surface area contributed by atoms with Crippen molar-refractivity contribution in [1.82, 2.24) is 24.6 Å². The molecule has 0 saturated carbocycles. The smallest absolute Gasteiger partial charge is 0.274 e. The van der Waals surface area contributed by atoms with Crippen molar-refractivity contribution in [3.8, 4) is 0 Å². The van der Waals surface area contributed by atoms with Gasteiger partial charge in [-0.05, 0) is 45.4 Å². The molecule has 3 heterocycles. The number of thiazole rings is 1. The van der Waals surface area contributed by atoms with Gasteiger partial charge >= 0.3 is 0 Å². The highest BCUT2D eigenvalue weighted by molar-refractivity contribution is 7.09. The summed E-state index contributed by atoms with van der Waals surface area (Å²) in [7, 11) is 5.88. The summed E-state index contributed by atoms with van der Waals surface area (Å²) in [6.07, 6.45) is 4.45. The van der Waals surface area contributed by atoms with E-state index in [9.17, 15) is 4.79 Å². The fraction of sp³-hybridized carbons (Fsp3) is 0.476. The van der Waals surface area contributed by atoms with Crippen LogP contribution in [0.5, 0.6) is 0 Å². The predicted molar refractivity (Wildman–Crippen MR) is 112 cm³/mol. The zero-order valence-electron chi connectivity index (χ0n) is 17.4. The van der Waals surface area contributed by atoms with Gasteiger partial charge in [0.15, 0.2) is 5.69 Å². The fourth-order valence-electron chi connectivity index (χ4n) is 4.03. The van der Waals surface area contributed by atoms with Gasteiger partial charge in [-0.2, -0.15) is 5.10 Å². The number of carbonyl (C=O) groups excluding carboxylic acids is 1. The maximum absolute atomic E-state index is 13.1. The first-order valence-corrected chi connectivity index (χ1v) is 10.7. The summed E-state index contributed by atoms with van der Waals surface area (Å²) in [6, 6.07) is 4.08. The number of nitrogens with zero attached hydrogens (tertiary/aromatic N) is 5. The number of fused-ring (bicyclic) bond motifs is 1. The lowest BCUT2D eigenvalue weighted by Crippen LogP contribution is -2.37. The second-order valence-corrected chi connectivity index (χ2v) is 8.78. The summed E-state index contributed by atoms with van der Waals surface area (Å²) in [5.74, 6) is 0.708. The van der Waals surface area contributed by atoms with Crippen LogP contribution in [0.3, 0.4) is 0 Å². The highest BCUT2D eigenvalue weighted by atomic mass is 32.1. The van der Waals surface area contributed by atoms with Crippen LogP contribution in [-0.4, -0.2) is 50.6 Å². The van der Waals surface area contributed by atoms with Crippen LogP contribution in [-0.2, 0) is 33.0 Å². The monoisotopic (exact) mass is 413 g/mol. The van der Waals surface area contributed by atoms with Crippen molar-refractivity contribution < 1.29 is 9.21 Å². The third kappa shape index (κ3) is 4.13. The van der Waals surface area contributed by atoms with Crippen molar-refractivity contribution in [3.63, 3.8) is 0 Å². The first-order valence-electron chi connectivity index (χ1n) is 9.86. The Morgan fingerprint density at radius 1 is 1.38 bits per heavy atom. The second-order valence-electron chi connectivity index (χ2n) is 7.83. The summed E-state index contributed by atoms with van der Waals surface area (Å²) in [4.78, 5) is 21.7. The van der Waals surface area contributed by atoms with E-state index >= 15 is 0 Å². The lowest BCUT2D eigenvalue weighted by molar-refractivity contribution is 0.0767. The maximum Gasteiger partial charge on any atom is 0.274 e.